The summed E-state index contributed by atoms with van der Waals surface area (Å²) < 4.78 is 0. The number of thioether (sulfide) groups is 1. The maximum atomic E-state index is 11.7. The first kappa shape index (κ1) is 18.1. The van der Waals surface area contributed by atoms with Crippen molar-refractivity contribution < 1.29 is 19.8 Å². The molecule has 21 heavy (non-hydrogen) atoms. The zero-order valence-corrected chi connectivity index (χ0v) is 13.6. The van der Waals surface area contributed by atoms with Crippen molar-refractivity contribution in [3.05, 3.63) is 28.2 Å². The number of benzene rings is 1. The van der Waals surface area contributed by atoms with Gasteiger partial charge < -0.3 is 15.5 Å². The molecule has 1 rings (SSSR count). The Balaban J connectivity index is 2.44. The number of nitrogens with one attached hydrogen (secondary N) is 1. The van der Waals surface area contributed by atoms with Crippen LogP contribution in [0.25, 0.3) is 0 Å². The minimum atomic E-state index is -1.49. The van der Waals surface area contributed by atoms with Crippen LogP contribution in [0, 0.1) is 0 Å². The summed E-state index contributed by atoms with van der Waals surface area (Å²) in [6.45, 7) is 1.21. The van der Waals surface area contributed by atoms with Crippen molar-refractivity contribution in [3.63, 3.8) is 0 Å². The normalized spacial score (nSPS) is 13.5. The number of hydrogen-bond donors (Lipinski definition) is 3. The standard InChI is InChI=1S/C13H15Cl2NO4S/c1-13(20,5-12(18)19)7-16-11(17)6-21-10-4-8(14)2-3-9(10)15/h2-4,20H,5-7H2,1H3,(H,16,17)(H,18,19). The SMILES string of the molecule is CC(O)(CNC(=O)CSc1cc(Cl)ccc1Cl)CC(=O)O. The number of carbonyl (C=O) groups excluding carboxylic acids is 1. The fraction of sp³-hybridized carbons (Fsp3) is 0.385. The molecule has 0 spiro atoms. The van der Waals surface area contributed by atoms with E-state index in [0.717, 1.165) is 0 Å². The first-order chi connectivity index (χ1) is 9.69. The number of hydrogen-bond acceptors (Lipinski definition) is 4. The van der Waals surface area contributed by atoms with Gasteiger partial charge in [-0.2, -0.15) is 0 Å². The highest BCUT2D eigenvalue weighted by Gasteiger charge is 2.24. The van der Waals surface area contributed by atoms with E-state index in [0.29, 0.717) is 14.9 Å². The van der Waals surface area contributed by atoms with Gasteiger partial charge in [0.15, 0.2) is 0 Å². The van der Waals surface area contributed by atoms with E-state index in [4.69, 9.17) is 28.3 Å². The molecule has 1 aromatic rings. The molecule has 0 saturated carbocycles. The molecule has 0 fully saturated rings. The number of aliphatic carboxylic acids is 1. The van der Waals surface area contributed by atoms with Crippen molar-refractivity contribution in [1.29, 1.82) is 0 Å². The molecule has 3 N–H and O–H groups in total. The number of halogens is 2. The monoisotopic (exact) mass is 351 g/mol. The van der Waals surface area contributed by atoms with E-state index in [1.165, 1.54) is 18.7 Å². The number of rotatable bonds is 7. The molecule has 0 aromatic heterocycles. The predicted octanol–water partition coefficient (Wildman–Crippen LogP) is 2.43. The number of aliphatic hydroxyl groups is 1. The molecule has 0 bridgehead atoms. The second-order valence-electron chi connectivity index (χ2n) is 4.71. The molecule has 1 unspecified atom stereocenters. The molecular formula is C13H15Cl2NO4S. The van der Waals surface area contributed by atoms with E-state index >= 15 is 0 Å². The summed E-state index contributed by atoms with van der Waals surface area (Å²) >= 11 is 13.0. The van der Waals surface area contributed by atoms with Crippen molar-refractivity contribution in [2.75, 3.05) is 12.3 Å². The first-order valence-corrected chi connectivity index (χ1v) is 7.72. The van der Waals surface area contributed by atoms with Crippen LogP contribution < -0.4 is 5.32 Å². The second-order valence-corrected chi connectivity index (χ2v) is 6.57. The third-order valence-corrected chi connectivity index (χ3v) is 4.18. The lowest BCUT2D eigenvalue weighted by Gasteiger charge is -2.21. The lowest BCUT2D eigenvalue weighted by Crippen LogP contribution is -2.42. The summed E-state index contributed by atoms with van der Waals surface area (Å²) in [5.74, 6) is -1.38. The van der Waals surface area contributed by atoms with Gasteiger partial charge >= 0.3 is 5.97 Å². The van der Waals surface area contributed by atoms with Gasteiger partial charge in [-0.25, -0.2) is 0 Å². The maximum Gasteiger partial charge on any atom is 0.306 e. The van der Waals surface area contributed by atoms with Gasteiger partial charge in [0.05, 0.1) is 22.8 Å². The van der Waals surface area contributed by atoms with Crippen LogP contribution in [0.5, 0.6) is 0 Å². The summed E-state index contributed by atoms with van der Waals surface area (Å²) in [6, 6.07) is 4.95. The Bertz CT molecular complexity index is 537. The molecule has 116 valence electrons. The van der Waals surface area contributed by atoms with Gasteiger partial charge in [0.2, 0.25) is 5.91 Å². The van der Waals surface area contributed by atoms with Crippen LogP contribution in [0.15, 0.2) is 23.1 Å². The summed E-state index contributed by atoms with van der Waals surface area (Å²) in [4.78, 5) is 22.9. The number of carboxylic acid groups (broad SMARTS) is 1. The van der Waals surface area contributed by atoms with Crippen molar-refractivity contribution in [1.82, 2.24) is 5.32 Å². The number of carbonyl (C=O) groups is 2. The Morgan fingerprint density at radius 1 is 1.38 bits per heavy atom. The first-order valence-electron chi connectivity index (χ1n) is 5.98. The van der Waals surface area contributed by atoms with Crippen molar-refractivity contribution >= 4 is 46.8 Å². The summed E-state index contributed by atoms with van der Waals surface area (Å²) in [6.07, 6.45) is -0.444. The Labute approximate surface area is 136 Å². The molecule has 0 heterocycles. The fourth-order valence-electron chi connectivity index (χ4n) is 1.46. The summed E-state index contributed by atoms with van der Waals surface area (Å²) in [5, 5.41) is 21.9. The molecule has 0 radical (unpaired) electrons. The molecule has 8 heteroatoms. The predicted molar refractivity (Wildman–Crippen MR) is 83.1 cm³/mol. The van der Waals surface area contributed by atoms with Gasteiger partial charge in [0.1, 0.15) is 0 Å². The highest BCUT2D eigenvalue weighted by molar-refractivity contribution is 8.00. The molecule has 0 saturated heterocycles. The highest BCUT2D eigenvalue weighted by Crippen LogP contribution is 2.29. The smallest absolute Gasteiger partial charge is 0.306 e. The largest absolute Gasteiger partial charge is 0.481 e. The van der Waals surface area contributed by atoms with Crippen LogP contribution in [0.3, 0.4) is 0 Å². The average molecular weight is 352 g/mol. The highest BCUT2D eigenvalue weighted by atomic mass is 35.5. The van der Waals surface area contributed by atoms with Crippen molar-refractivity contribution in [2.45, 2.75) is 23.8 Å². The van der Waals surface area contributed by atoms with Gasteiger partial charge in [-0.3, -0.25) is 9.59 Å². The second kappa shape index (κ2) is 7.89. The molecule has 1 amide bonds. The van der Waals surface area contributed by atoms with Crippen LogP contribution in [-0.2, 0) is 9.59 Å². The van der Waals surface area contributed by atoms with E-state index in [-0.39, 0.29) is 18.2 Å². The summed E-state index contributed by atoms with van der Waals surface area (Å²) in [7, 11) is 0. The van der Waals surface area contributed by atoms with Gasteiger partial charge in [-0.05, 0) is 25.1 Å². The molecule has 0 aliphatic carbocycles. The van der Waals surface area contributed by atoms with E-state index in [1.54, 1.807) is 18.2 Å². The third-order valence-electron chi connectivity index (χ3n) is 2.45. The molecule has 0 aliphatic heterocycles. The maximum absolute atomic E-state index is 11.7. The number of carboxylic acids is 1. The van der Waals surface area contributed by atoms with E-state index < -0.39 is 18.0 Å². The molecular weight excluding hydrogens is 337 g/mol. The zero-order valence-electron chi connectivity index (χ0n) is 11.2. The number of amides is 1. The summed E-state index contributed by atoms with van der Waals surface area (Å²) in [5.41, 5.74) is -1.49. The van der Waals surface area contributed by atoms with Crippen LogP contribution >= 0.6 is 35.0 Å². The minimum absolute atomic E-state index is 0.0865. The molecule has 1 aromatic carbocycles. The molecule has 5 nitrogen and oxygen atoms in total. The van der Waals surface area contributed by atoms with Crippen LogP contribution in [0.1, 0.15) is 13.3 Å². The van der Waals surface area contributed by atoms with Gasteiger partial charge in [0, 0.05) is 16.5 Å². The van der Waals surface area contributed by atoms with Gasteiger partial charge in [-0.1, -0.05) is 23.2 Å². The Hall–Kier alpha value is -0.950. The Morgan fingerprint density at radius 2 is 2.05 bits per heavy atom. The molecule has 1 atom stereocenters. The lowest BCUT2D eigenvalue weighted by molar-refractivity contribution is -0.142. The van der Waals surface area contributed by atoms with E-state index in [9.17, 15) is 14.7 Å². The topological polar surface area (TPSA) is 86.6 Å². The quantitative estimate of drug-likeness (QED) is 0.656. The molecule has 0 aliphatic rings. The minimum Gasteiger partial charge on any atom is -0.481 e. The lowest BCUT2D eigenvalue weighted by atomic mass is 10.0. The van der Waals surface area contributed by atoms with E-state index in [1.807, 2.05) is 0 Å². The zero-order chi connectivity index (χ0) is 16.0. The fourth-order valence-corrected chi connectivity index (χ4v) is 2.78. The van der Waals surface area contributed by atoms with Gasteiger partial charge in [0.25, 0.3) is 0 Å². The Kier molecular flexibility index (Phi) is 6.80. The van der Waals surface area contributed by atoms with Crippen LogP contribution in [-0.4, -0.2) is 40.0 Å². The van der Waals surface area contributed by atoms with E-state index in [2.05, 4.69) is 5.32 Å². The van der Waals surface area contributed by atoms with Crippen molar-refractivity contribution in [2.24, 2.45) is 0 Å². The van der Waals surface area contributed by atoms with Crippen molar-refractivity contribution in [3.8, 4) is 0 Å². The average Bonchev–Trinajstić information content (AvgIpc) is 2.36. The van der Waals surface area contributed by atoms with Gasteiger partial charge in [-0.15, -0.1) is 11.8 Å². The van der Waals surface area contributed by atoms with Crippen LogP contribution in [0.4, 0.5) is 0 Å². The third kappa shape index (κ3) is 7.04. The Morgan fingerprint density at radius 3 is 2.67 bits per heavy atom. The van der Waals surface area contributed by atoms with Crippen LogP contribution in [0.2, 0.25) is 10.0 Å².